The van der Waals surface area contributed by atoms with Crippen LogP contribution in [-0.4, -0.2) is 37.5 Å². The van der Waals surface area contributed by atoms with Gasteiger partial charge in [-0.2, -0.15) is 0 Å². The lowest BCUT2D eigenvalue weighted by atomic mass is 10.4. The molecule has 0 radical (unpaired) electrons. The first-order valence-corrected chi connectivity index (χ1v) is 3.33. The third-order valence-corrected chi connectivity index (χ3v) is 1.17. The van der Waals surface area contributed by atoms with Crippen molar-refractivity contribution in [1.82, 2.24) is 4.90 Å². The third-order valence-electron chi connectivity index (χ3n) is 1.17. The van der Waals surface area contributed by atoms with Gasteiger partial charge in [-0.15, -0.1) is 0 Å². The minimum absolute atomic E-state index is 0.292. The molecule has 0 aliphatic rings. The lowest BCUT2D eigenvalue weighted by Gasteiger charge is -2.12. The number of hydrogen-bond acceptors (Lipinski definition) is 3. The molecule has 0 fully saturated rings. The fraction of sp³-hybridized carbons (Fsp3) is 0.833. The predicted octanol–water partition coefficient (Wildman–Crippen LogP) is -1.25. The average Bonchev–Trinajstić information content (AvgIpc) is 1.82. The van der Waals surface area contributed by atoms with Crippen LogP contribution in [0.5, 0.6) is 0 Å². The summed E-state index contributed by atoms with van der Waals surface area (Å²) in [6, 6.07) is 0. The second-order valence-electron chi connectivity index (χ2n) is 2.35. The van der Waals surface area contributed by atoms with Crippen molar-refractivity contribution >= 4 is 5.91 Å². The van der Waals surface area contributed by atoms with Gasteiger partial charge < -0.3 is 11.5 Å². The Bertz CT molecular complexity index is 105. The number of rotatable bonds is 5. The minimum atomic E-state index is -0.292. The molecule has 0 saturated carbocycles. The van der Waals surface area contributed by atoms with Crippen LogP contribution in [0.25, 0.3) is 0 Å². The highest BCUT2D eigenvalue weighted by Crippen LogP contribution is 1.83. The summed E-state index contributed by atoms with van der Waals surface area (Å²) >= 11 is 0. The lowest BCUT2D eigenvalue weighted by molar-refractivity contribution is -0.118. The Balaban J connectivity index is 3.25. The Hall–Kier alpha value is -0.610. The Morgan fingerprint density at radius 1 is 1.60 bits per heavy atom. The van der Waals surface area contributed by atoms with Gasteiger partial charge in [0, 0.05) is 0 Å². The molecule has 0 aliphatic carbocycles. The molecule has 0 rings (SSSR count). The molecule has 0 spiro atoms. The van der Waals surface area contributed by atoms with Crippen molar-refractivity contribution in [3.05, 3.63) is 0 Å². The van der Waals surface area contributed by atoms with Gasteiger partial charge >= 0.3 is 0 Å². The number of carbonyl (C=O) groups is 1. The second kappa shape index (κ2) is 5.20. The number of primary amides is 1. The Morgan fingerprint density at radius 3 is 2.60 bits per heavy atom. The third kappa shape index (κ3) is 5.53. The van der Waals surface area contributed by atoms with Crippen molar-refractivity contribution in [3.63, 3.8) is 0 Å². The first-order valence-electron chi connectivity index (χ1n) is 3.33. The van der Waals surface area contributed by atoms with E-state index in [1.54, 1.807) is 0 Å². The zero-order chi connectivity index (χ0) is 7.98. The van der Waals surface area contributed by atoms with Gasteiger partial charge in [0.25, 0.3) is 0 Å². The molecule has 4 nitrogen and oxygen atoms in total. The topological polar surface area (TPSA) is 72.3 Å². The molecule has 1 amide bonds. The van der Waals surface area contributed by atoms with E-state index in [4.69, 9.17) is 11.5 Å². The number of hydrogen-bond donors (Lipinski definition) is 2. The zero-order valence-corrected chi connectivity index (χ0v) is 6.34. The van der Waals surface area contributed by atoms with Crippen molar-refractivity contribution in [3.8, 4) is 0 Å². The Morgan fingerprint density at radius 2 is 2.20 bits per heavy atom. The smallest absolute Gasteiger partial charge is 0.231 e. The van der Waals surface area contributed by atoms with E-state index in [1.807, 2.05) is 11.9 Å². The van der Waals surface area contributed by atoms with Gasteiger partial charge in [-0.1, -0.05) is 0 Å². The van der Waals surface area contributed by atoms with Crippen LogP contribution in [0.2, 0.25) is 0 Å². The predicted molar refractivity (Wildman–Crippen MR) is 40.4 cm³/mol. The second-order valence-corrected chi connectivity index (χ2v) is 2.35. The van der Waals surface area contributed by atoms with Crippen molar-refractivity contribution in [2.75, 3.05) is 26.7 Å². The van der Waals surface area contributed by atoms with E-state index in [1.165, 1.54) is 0 Å². The minimum Gasteiger partial charge on any atom is -0.369 e. The highest BCUT2D eigenvalue weighted by molar-refractivity contribution is 5.75. The van der Waals surface area contributed by atoms with Crippen LogP contribution in [0, 0.1) is 0 Å². The molecule has 0 aromatic carbocycles. The molecule has 0 aromatic rings. The normalized spacial score (nSPS) is 10.3. The fourth-order valence-electron chi connectivity index (χ4n) is 0.706. The summed E-state index contributed by atoms with van der Waals surface area (Å²) in [4.78, 5) is 12.2. The summed E-state index contributed by atoms with van der Waals surface area (Å²) in [7, 11) is 1.85. The van der Waals surface area contributed by atoms with E-state index < -0.39 is 0 Å². The quantitative estimate of drug-likeness (QED) is 0.508. The van der Waals surface area contributed by atoms with Crippen LogP contribution >= 0.6 is 0 Å². The highest BCUT2D eigenvalue weighted by Gasteiger charge is 1.99. The van der Waals surface area contributed by atoms with E-state index >= 15 is 0 Å². The molecule has 0 saturated heterocycles. The summed E-state index contributed by atoms with van der Waals surface area (Å²) in [6.07, 6.45) is 0.907. The van der Waals surface area contributed by atoms with Gasteiger partial charge in [0.05, 0.1) is 6.54 Å². The summed E-state index contributed by atoms with van der Waals surface area (Å²) in [6.45, 7) is 1.81. The number of nitrogens with zero attached hydrogens (tertiary/aromatic N) is 1. The maximum atomic E-state index is 10.3. The summed E-state index contributed by atoms with van der Waals surface area (Å²) < 4.78 is 0. The molecule has 4 heteroatoms. The van der Waals surface area contributed by atoms with E-state index in [0.29, 0.717) is 13.1 Å². The van der Waals surface area contributed by atoms with Gasteiger partial charge in [-0.25, -0.2) is 0 Å². The van der Waals surface area contributed by atoms with Gasteiger partial charge in [0.15, 0.2) is 0 Å². The molecule has 0 aromatic heterocycles. The number of likely N-dealkylation sites (N-methyl/N-ethyl adjacent to an activating group) is 1. The molecule has 0 bridgehead atoms. The van der Waals surface area contributed by atoms with Gasteiger partial charge in [0.2, 0.25) is 5.91 Å². The Labute approximate surface area is 61.2 Å². The average molecular weight is 145 g/mol. The highest BCUT2D eigenvalue weighted by atomic mass is 16.1. The molecular weight excluding hydrogens is 130 g/mol. The number of carbonyl (C=O) groups excluding carboxylic acids is 1. The lowest BCUT2D eigenvalue weighted by Crippen LogP contribution is -2.32. The van der Waals surface area contributed by atoms with Gasteiger partial charge in [-0.05, 0) is 26.6 Å². The largest absolute Gasteiger partial charge is 0.369 e. The van der Waals surface area contributed by atoms with Crippen molar-refractivity contribution in [2.45, 2.75) is 6.42 Å². The summed E-state index contributed by atoms with van der Waals surface area (Å²) in [5.41, 5.74) is 10.2. The summed E-state index contributed by atoms with van der Waals surface area (Å²) in [5.74, 6) is -0.292. The molecule has 60 valence electrons. The molecular formula is C6H15N3O. The molecule has 4 N–H and O–H groups in total. The monoisotopic (exact) mass is 145 g/mol. The maximum Gasteiger partial charge on any atom is 0.231 e. The van der Waals surface area contributed by atoms with E-state index in [2.05, 4.69) is 0 Å². The van der Waals surface area contributed by atoms with Gasteiger partial charge in [0.1, 0.15) is 0 Å². The molecule has 0 unspecified atom stereocenters. The van der Waals surface area contributed by atoms with Crippen molar-refractivity contribution in [2.24, 2.45) is 11.5 Å². The molecule has 0 aliphatic heterocycles. The van der Waals surface area contributed by atoms with E-state index in [9.17, 15) is 4.79 Å². The first-order chi connectivity index (χ1) is 4.66. The van der Waals surface area contributed by atoms with E-state index in [-0.39, 0.29) is 5.91 Å². The first kappa shape index (κ1) is 9.39. The molecule has 0 atom stereocenters. The summed E-state index contributed by atoms with van der Waals surface area (Å²) in [5, 5.41) is 0. The SMILES string of the molecule is CN(CCCN)CC(N)=O. The maximum absolute atomic E-state index is 10.3. The van der Waals surface area contributed by atoms with E-state index in [0.717, 1.165) is 13.0 Å². The van der Waals surface area contributed by atoms with Crippen LogP contribution in [0.3, 0.4) is 0 Å². The molecule has 10 heavy (non-hydrogen) atoms. The van der Waals surface area contributed by atoms with Crippen LogP contribution in [0.4, 0.5) is 0 Å². The van der Waals surface area contributed by atoms with Crippen LogP contribution in [-0.2, 0) is 4.79 Å². The number of amides is 1. The Kier molecular flexibility index (Phi) is 4.88. The molecule has 0 heterocycles. The van der Waals surface area contributed by atoms with Crippen molar-refractivity contribution in [1.29, 1.82) is 0 Å². The van der Waals surface area contributed by atoms with Crippen LogP contribution in [0.15, 0.2) is 0 Å². The van der Waals surface area contributed by atoms with Crippen molar-refractivity contribution < 1.29 is 4.79 Å². The zero-order valence-electron chi connectivity index (χ0n) is 6.34. The van der Waals surface area contributed by atoms with Gasteiger partial charge in [-0.3, -0.25) is 9.69 Å². The van der Waals surface area contributed by atoms with Crippen LogP contribution < -0.4 is 11.5 Å². The standard InChI is InChI=1S/C6H15N3O/c1-9(4-2-3-7)5-6(8)10/h2-5,7H2,1H3,(H2,8,10). The number of nitrogens with two attached hydrogens (primary N) is 2. The van der Waals surface area contributed by atoms with Crippen LogP contribution in [0.1, 0.15) is 6.42 Å². The fourth-order valence-corrected chi connectivity index (χ4v) is 0.706.